The lowest BCUT2D eigenvalue weighted by molar-refractivity contribution is -0.274. The normalized spacial score (nSPS) is 14.7. The predicted molar refractivity (Wildman–Crippen MR) is 115 cm³/mol. The maximum absolute atomic E-state index is 14.4. The number of hydrogen-bond acceptors (Lipinski definition) is 5. The molecule has 1 aliphatic carbocycles. The molecule has 2 aromatic carbocycles. The van der Waals surface area contributed by atoms with Gasteiger partial charge in [-0.15, -0.1) is 13.2 Å². The number of benzene rings is 2. The summed E-state index contributed by atoms with van der Waals surface area (Å²) in [4.78, 5) is 8.51. The minimum absolute atomic E-state index is 0.0252. The van der Waals surface area contributed by atoms with Crippen molar-refractivity contribution in [3.05, 3.63) is 59.9 Å². The van der Waals surface area contributed by atoms with Crippen LogP contribution in [0.25, 0.3) is 11.3 Å². The molecule has 12 heteroatoms. The van der Waals surface area contributed by atoms with Gasteiger partial charge in [-0.2, -0.15) is 18.2 Å². The van der Waals surface area contributed by atoms with Crippen molar-refractivity contribution in [2.45, 2.75) is 44.3 Å². The average Bonchev–Trinajstić information content (AvgIpc) is 3.26. The van der Waals surface area contributed by atoms with Crippen LogP contribution in [-0.4, -0.2) is 22.4 Å². The van der Waals surface area contributed by atoms with Gasteiger partial charge in [0.1, 0.15) is 17.4 Å². The number of nitrogens with zero attached hydrogens (tertiary/aromatic N) is 2. The molecule has 1 fully saturated rings. The molecule has 4 rings (SSSR count). The van der Waals surface area contributed by atoms with Crippen LogP contribution in [0.2, 0.25) is 0 Å². The lowest BCUT2D eigenvalue weighted by Gasteiger charge is -2.17. The second-order valence-electron chi connectivity index (χ2n) is 7.95. The van der Waals surface area contributed by atoms with Crippen LogP contribution in [0.15, 0.2) is 48.5 Å². The fourth-order valence-electron chi connectivity index (χ4n) is 3.84. The number of aromatic nitrogens is 2. The van der Waals surface area contributed by atoms with Gasteiger partial charge in [0.25, 0.3) is 0 Å². The molecule has 0 spiro atoms. The zero-order valence-corrected chi connectivity index (χ0v) is 18.0. The SMILES string of the molecule is Fc1cccc(C(F)(F)F)c1Nc1cc(-c2cccc(OC(F)(F)F)c2)nc(NC2CCCC2)n1. The van der Waals surface area contributed by atoms with Crippen molar-refractivity contribution < 1.29 is 35.5 Å². The van der Waals surface area contributed by atoms with Gasteiger partial charge in [0.15, 0.2) is 0 Å². The number of alkyl halides is 6. The third-order valence-corrected chi connectivity index (χ3v) is 5.35. The Kier molecular flexibility index (Phi) is 6.73. The van der Waals surface area contributed by atoms with Crippen molar-refractivity contribution in [1.82, 2.24) is 9.97 Å². The van der Waals surface area contributed by atoms with Crippen molar-refractivity contribution in [3.8, 4) is 17.0 Å². The fraction of sp³-hybridized carbons (Fsp3) is 0.304. The highest BCUT2D eigenvalue weighted by molar-refractivity contribution is 5.70. The summed E-state index contributed by atoms with van der Waals surface area (Å²) in [5, 5.41) is 5.48. The molecule has 3 aromatic rings. The van der Waals surface area contributed by atoms with Crippen molar-refractivity contribution in [3.63, 3.8) is 0 Å². The molecule has 35 heavy (non-hydrogen) atoms. The molecule has 0 saturated heterocycles. The number of rotatable bonds is 6. The topological polar surface area (TPSA) is 59.1 Å². The summed E-state index contributed by atoms with van der Waals surface area (Å²) < 4.78 is 96.6. The summed E-state index contributed by atoms with van der Waals surface area (Å²) in [6.07, 6.45) is -6.14. The van der Waals surface area contributed by atoms with E-state index in [1.165, 1.54) is 18.2 Å². The van der Waals surface area contributed by atoms with Gasteiger partial charge >= 0.3 is 12.5 Å². The third kappa shape index (κ3) is 6.31. The number of ether oxygens (including phenoxy) is 1. The highest BCUT2D eigenvalue weighted by Crippen LogP contribution is 2.38. The van der Waals surface area contributed by atoms with Gasteiger partial charge in [0, 0.05) is 17.7 Å². The first-order valence-electron chi connectivity index (χ1n) is 10.6. The van der Waals surface area contributed by atoms with Crippen LogP contribution < -0.4 is 15.4 Å². The Hall–Kier alpha value is -3.57. The molecule has 5 nitrogen and oxygen atoms in total. The van der Waals surface area contributed by atoms with Crippen molar-refractivity contribution in [2.75, 3.05) is 10.6 Å². The molecule has 0 atom stereocenters. The molecule has 0 bridgehead atoms. The average molecular weight is 500 g/mol. The molecule has 0 unspecified atom stereocenters. The molecule has 1 heterocycles. The summed E-state index contributed by atoms with van der Waals surface area (Å²) in [6.45, 7) is 0. The van der Waals surface area contributed by atoms with E-state index in [9.17, 15) is 30.7 Å². The first kappa shape index (κ1) is 24.6. The van der Waals surface area contributed by atoms with E-state index in [-0.39, 0.29) is 29.1 Å². The Labute approximate surface area is 195 Å². The lowest BCUT2D eigenvalue weighted by Crippen LogP contribution is -2.18. The third-order valence-electron chi connectivity index (χ3n) is 5.35. The number of nitrogens with one attached hydrogen (secondary N) is 2. The summed E-state index contributed by atoms with van der Waals surface area (Å²) >= 11 is 0. The van der Waals surface area contributed by atoms with E-state index in [4.69, 9.17) is 0 Å². The molecule has 0 aliphatic heterocycles. The van der Waals surface area contributed by atoms with Gasteiger partial charge in [-0.25, -0.2) is 9.37 Å². The second kappa shape index (κ2) is 9.59. The first-order chi connectivity index (χ1) is 16.5. The standard InChI is InChI=1S/C23H19F7N4O/c24-17-10-4-9-16(22(25,26)27)20(17)33-19-12-18(32-21(34-19)31-14-6-1-2-7-14)13-5-3-8-15(11-13)35-23(28,29)30/h3-5,8-12,14H,1-2,6-7H2,(H2,31,32,33,34). The zero-order chi connectivity index (χ0) is 25.2. The van der Waals surface area contributed by atoms with Crippen LogP contribution in [-0.2, 0) is 6.18 Å². The molecule has 1 aromatic heterocycles. The molecular weight excluding hydrogens is 481 g/mol. The van der Waals surface area contributed by atoms with Crippen LogP contribution in [0.5, 0.6) is 5.75 Å². The molecule has 1 aliphatic rings. The van der Waals surface area contributed by atoms with Gasteiger partial charge in [-0.3, -0.25) is 0 Å². The molecule has 0 amide bonds. The van der Waals surface area contributed by atoms with E-state index in [1.807, 2.05) is 0 Å². The fourth-order valence-corrected chi connectivity index (χ4v) is 3.84. The monoisotopic (exact) mass is 500 g/mol. The van der Waals surface area contributed by atoms with Gasteiger partial charge in [0.2, 0.25) is 5.95 Å². The van der Waals surface area contributed by atoms with Gasteiger partial charge in [0.05, 0.1) is 16.9 Å². The van der Waals surface area contributed by atoms with Crippen LogP contribution in [0.4, 0.5) is 48.2 Å². The molecular formula is C23H19F7N4O. The Morgan fingerprint density at radius 3 is 2.29 bits per heavy atom. The minimum Gasteiger partial charge on any atom is -0.406 e. The number of para-hydroxylation sites is 1. The van der Waals surface area contributed by atoms with E-state index in [0.717, 1.165) is 56.0 Å². The van der Waals surface area contributed by atoms with E-state index in [1.54, 1.807) is 0 Å². The maximum atomic E-state index is 14.4. The Morgan fingerprint density at radius 1 is 0.886 bits per heavy atom. The highest BCUT2D eigenvalue weighted by atomic mass is 19.4. The summed E-state index contributed by atoms with van der Waals surface area (Å²) in [6, 6.07) is 8.74. The van der Waals surface area contributed by atoms with Crippen LogP contribution in [0, 0.1) is 5.82 Å². The van der Waals surface area contributed by atoms with E-state index in [0.29, 0.717) is 0 Å². The molecule has 1 saturated carbocycles. The van der Waals surface area contributed by atoms with Gasteiger partial charge < -0.3 is 15.4 Å². The van der Waals surface area contributed by atoms with Crippen molar-refractivity contribution in [1.29, 1.82) is 0 Å². The Balaban J connectivity index is 1.75. The Bertz CT molecular complexity index is 1190. The number of hydrogen-bond donors (Lipinski definition) is 2. The van der Waals surface area contributed by atoms with Crippen molar-refractivity contribution >= 4 is 17.5 Å². The summed E-state index contributed by atoms with van der Waals surface area (Å²) in [7, 11) is 0. The predicted octanol–water partition coefficient (Wildman–Crippen LogP) is 7.30. The Morgan fingerprint density at radius 2 is 1.60 bits per heavy atom. The van der Waals surface area contributed by atoms with Crippen LogP contribution >= 0.6 is 0 Å². The molecule has 186 valence electrons. The first-order valence-corrected chi connectivity index (χ1v) is 10.6. The van der Waals surface area contributed by atoms with Gasteiger partial charge in [-0.05, 0) is 37.1 Å². The number of anilines is 3. The van der Waals surface area contributed by atoms with E-state index in [2.05, 4.69) is 25.3 Å². The van der Waals surface area contributed by atoms with E-state index >= 15 is 0 Å². The highest BCUT2D eigenvalue weighted by Gasteiger charge is 2.35. The summed E-state index contributed by atoms with van der Waals surface area (Å²) in [5.41, 5.74) is -1.77. The van der Waals surface area contributed by atoms with E-state index < -0.39 is 35.4 Å². The zero-order valence-electron chi connectivity index (χ0n) is 18.0. The number of halogens is 7. The quantitative estimate of drug-likeness (QED) is 0.348. The van der Waals surface area contributed by atoms with Crippen molar-refractivity contribution in [2.24, 2.45) is 0 Å². The summed E-state index contributed by atoms with van der Waals surface area (Å²) in [5.74, 6) is -1.77. The minimum atomic E-state index is -4.91. The smallest absolute Gasteiger partial charge is 0.406 e. The maximum Gasteiger partial charge on any atom is 0.573 e. The van der Waals surface area contributed by atoms with Crippen LogP contribution in [0.3, 0.4) is 0 Å². The molecule has 0 radical (unpaired) electrons. The van der Waals surface area contributed by atoms with Crippen LogP contribution in [0.1, 0.15) is 31.2 Å². The largest absolute Gasteiger partial charge is 0.573 e. The second-order valence-corrected chi connectivity index (χ2v) is 7.95. The molecule has 2 N–H and O–H groups in total. The lowest BCUT2D eigenvalue weighted by atomic mass is 10.1. The van der Waals surface area contributed by atoms with Gasteiger partial charge in [-0.1, -0.05) is 31.0 Å².